The Kier molecular flexibility index (Phi) is 6.36. The lowest BCUT2D eigenvalue weighted by atomic mass is 10.0. The van der Waals surface area contributed by atoms with Gasteiger partial charge in [-0.15, -0.1) is 0 Å². The minimum absolute atomic E-state index is 0.0866. The zero-order valence-electron chi connectivity index (χ0n) is 18.4. The minimum atomic E-state index is -0.745. The van der Waals surface area contributed by atoms with E-state index in [4.69, 9.17) is 9.15 Å². The van der Waals surface area contributed by atoms with E-state index in [1.54, 1.807) is 25.1 Å². The summed E-state index contributed by atoms with van der Waals surface area (Å²) in [7, 11) is 0. The van der Waals surface area contributed by atoms with Gasteiger partial charge in [-0.05, 0) is 37.1 Å². The molecule has 166 valence electrons. The van der Waals surface area contributed by atoms with Crippen molar-refractivity contribution in [1.29, 1.82) is 0 Å². The van der Waals surface area contributed by atoms with Crippen LogP contribution in [-0.4, -0.2) is 18.5 Å². The Morgan fingerprint density at radius 1 is 0.939 bits per heavy atom. The predicted molar refractivity (Wildman–Crippen MR) is 127 cm³/mol. The van der Waals surface area contributed by atoms with Crippen molar-refractivity contribution in [2.45, 2.75) is 20.3 Å². The van der Waals surface area contributed by atoms with Crippen LogP contribution >= 0.6 is 0 Å². The van der Waals surface area contributed by atoms with Crippen molar-refractivity contribution in [1.82, 2.24) is 0 Å². The van der Waals surface area contributed by atoms with Crippen molar-refractivity contribution in [3.05, 3.63) is 99.7 Å². The molecule has 0 fully saturated rings. The molecule has 3 aromatic carbocycles. The van der Waals surface area contributed by atoms with Gasteiger partial charge in [0.25, 0.3) is 5.91 Å². The number of esters is 1. The van der Waals surface area contributed by atoms with Gasteiger partial charge in [0.05, 0.1) is 5.39 Å². The van der Waals surface area contributed by atoms with Gasteiger partial charge in [-0.25, -0.2) is 4.79 Å². The zero-order chi connectivity index (χ0) is 23.4. The molecule has 1 N–H and O–H groups in total. The maximum absolute atomic E-state index is 13.0. The maximum atomic E-state index is 13.0. The van der Waals surface area contributed by atoms with E-state index in [9.17, 15) is 14.4 Å². The lowest BCUT2D eigenvalue weighted by molar-refractivity contribution is -0.119. The number of carbonyl (C=O) groups excluding carboxylic acids is 2. The number of rotatable bonds is 6. The molecular weight excluding hydrogens is 418 g/mol. The molecule has 0 spiro atoms. The van der Waals surface area contributed by atoms with Crippen LogP contribution in [0.4, 0.5) is 5.69 Å². The molecule has 0 aliphatic carbocycles. The first kappa shape index (κ1) is 22.0. The standard InChI is InChI=1S/C27H23NO5/c1-3-18-10-7-8-15-22(18)28-23(29)16-32-27(31)21-14-9-13-20-24(30)17(2)25(33-26(20)21)19-11-5-4-6-12-19/h4-15H,3,16H2,1-2H3,(H,28,29). The van der Waals surface area contributed by atoms with Crippen LogP contribution in [0.15, 0.2) is 82.0 Å². The first-order valence-electron chi connectivity index (χ1n) is 10.7. The molecule has 0 radical (unpaired) electrons. The van der Waals surface area contributed by atoms with E-state index in [-0.39, 0.29) is 22.0 Å². The lowest BCUT2D eigenvalue weighted by Crippen LogP contribution is -2.21. The Morgan fingerprint density at radius 2 is 1.67 bits per heavy atom. The maximum Gasteiger partial charge on any atom is 0.342 e. The Balaban J connectivity index is 1.60. The molecule has 0 bridgehead atoms. The Labute approximate surface area is 190 Å². The van der Waals surface area contributed by atoms with Crippen LogP contribution in [0.3, 0.4) is 0 Å². The monoisotopic (exact) mass is 441 g/mol. The third-order valence-corrected chi connectivity index (χ3v) is 5.41. The van der Waals surface area contributed by atoms with Crippen molar-refractivity contribution in [3.63, 3.8) is 0 Å². The highest BCUT2D eigenvalue weighted by atomic mass is 16.5. The summed E-state index contributed by atoms with van der Waals surface area (Å²) >= 11 is 0. The molecule has 0 unspecified atom stereocenters. The second-order valence-electron chi connectivity index (χ2n) is 7.57. The number of hydrogen-bond donors (Lipinski definition) is 1. The van der Waals surface area contributed by atoms with Crippen LogP contribution < -0.4 is 10.7 Å². The summed E-state index contributed by atoms with van der Waals surface area (Å²) in [6.45, 7) is 3.22. The van der Waals surface area contributed by atoms with Crippen molar-refractivity contribution >= 4 is 28.5 Å². The number of nitrogens with one attached hydrogen (secondary N) is 1. The zero-order valence-corrected chi connectivity index (χ0v) is 18.4. The number of aryl methyl sites for hydroxylation is 1. The quantitative estimate of drug-likeness (QED) is 0.420. The summed E-state index contributed by atoms with van der Waals surface area (Å²) in [5, 5.41) is 3.04. The molecule has 1 aromatic heterocycles. The van der Waals surface area contributed by atoms with Gasteiger partial charge in [-0.3, -0.25) is 9.59 Å². The normalized spacial score (nSPS) is 10.7. The van der Waals surface area contributed by atoms with E-state index in [0.717, 1.165) is 17.5 Å². The van der Waals surface area contributed by atoms with Crippen LogP contribution in [0.5, 0.6) is 0 Å². The first-order chi connectivity index (χ1) is 16.0. The van der Waals surface area contributed by atoms with Crippen LogP contribution in [-0.2, 0) is 16.0 Å². The van der Waals surface area contributed by atoms with Crippen LogP contribution in [0.2, 0.25) is 0 Å². The molecule has 1 heterocycles. The smallest absolute Gasteiger partial charge is 0.342 e. The van der Waals surface area contributed by atoms with Gasteiger partial charge in [-0.2, -0.15) is 0 Å². The number of anilines is 1. The summed E-state index contributed by atoms with van der Waals surface area (Å²) < 4.78 is 11.3. The highest BCUT2D eigenvalue weighted by Crippen LogP contribution is 2.27. The molecule has 33 heavy (non-hydrogen) atoms. The molecule has 6 heteroatoms. The Morgan fingerprint density at radius 3 is 2.42 bits per heavy atom. The lowest BCUT2D eigenvalue weighted by Gasteiger charge is -2.11. The second kappa shape index (κ2) is 9.53. The number of para-hydroxylation sites is 2. The highest BCUT2D eigenvalue weighted by molar-refractivity contribution is 6.03. The summed E-state index contributed by atoms with van der Waals surface area (Å²) in [6.07, 6.45) is 0.758. The van der Waals surface area contributed by atoms with Crippen LogP contribution in [0.25, 0.3) is 22.3 Å². The summed E-state index contributed by atoms with van der Waals surface area (Å²) in [5.41, 5.74) is 2.84. The number of hydrogen-bond acceptors (Lipinski definition) is 5. The number of carbonyl (C=O) groups is 2. The van der Waals surface area contributed by atoms with Gasteiger partial charge >= 0.3 is 5.97 Å². The van der Waals surface area contributed by atoms with E-state index in [0.29, 0.717) is 17.0 Å². The topological polar surface area (TPSA) is 85.6 Å². The van der Waals surface area contributed by atoms with Gasteiger partial charge in [-0.1, -0.05) is 61.5 Å². The SMILES string of the molecule is CCc1ccccc1NC(=O)COC(=O)c1cccc2c(=O)c(C)c(-c3ccccc3)oc12. The van der Waals surface area contributed by atoms with Gasteiger partial charge in [0.1, 0.15) is 11.3 Å². The molecule has 0 saturated heterocycles. The molecule has 4 aromatic rings. The van der Waals surface area contributed by atoms with E-state index in [1.807, 2.05) is 55.5 Å². The largest absolute Gasteiger partial charge is 0.455 e. The minimum Gasteiger partial charge on any atom is -0.455 e. The Hall–Kier alpha value is -4.19. The average molecular weight is 441 g/mol. The van der Waals surface area contributed by atoms with E-state index >= 15 is 0 Å². The third-order valence-electron chi connectivity index (χ3n) is 5.41. The van der Waals surface area contributed by atoms with E-state index in [2.05, 4.69) is 5.32 Å². The Bertz CT molecular complexity index is 1390. The van der Waals surface area contributed by atoms with E-state index in [1.165, 1.54) is 6.07 Å². The molecule has 0 saturated carbocycles. The number of ether oxygens (including phenoxy) is 1. The van der Waals surface area contributed by atoms with Crippen molar-refractivity contribution in [2.75, 3.05) is 11.9 Å². The van der Waals surface area contributed by atoms with Gasteiger partial charge < -0.3 is 14.5 Å². The van der Waals surface area contributed by atoms with Crippen molar-refractivity contribution < 1.29 is 18.7 Å². The molecule has 4 rings (SSSR count). The van der Waals surface area contributed by atoms with Gasteiger partial charge in [0.2, 0.25) is 0 Å². The molecule has 6 nitrogen and oxygen atoms in total. The fourth-order valence-corrected chi connectivity index (χ4v) is 3.68. The number of amides is 1. The molecular formula is C27H23NO5. The molecule has 0 aliphatic heterocycles. The molecule has 0 atom stereocenters. The predicted octanol–water partition coefficient (Wildman–Crippen LogP) is 5.13. The molecule has 0 aliphatic rings. The summed E-state index contributed by atoms with van der Waals surface area (Å²) in [4.78, 5) is 38.1. The van der Waals surface area contributed by atoms with Crippen molar-refractivity contribution in [2.24, 2.45) is 0 Å². The second-order valence-corrected chi connectivity index (χ2v) is 7.57. The van der Waals surface area contributed by atoms with Crippen molar-refractivity contribution in [3.8, 4) is 11.3 Å². The summed E-state index contributed by atoms with van der Waals surface area (Å²) in [6, 6.07) is 21.4. The van der Waals surface area contributed by atoms with Crippen LogP contribution in [0, 0.1) is 6.92 Å². The average Bonchev–Trinajstić information content (AvgIpc) is 2.85. The fourth-order valence-electron chi connectivity index (χ4n) is 3.68. The first-order valence-corrected chi connectivity index (χ1v) is 10.7. The number of fused-ring (bicyclic) bond motifs is 1. The van der Waals surface area contributed by atoms with Gasteiger partial charge in [0, 0.05) is 16.8 Å². The summed E-state index contributed by atoms with van der Waals surface area (Å²) in [5.74, 6) is -0.806. The van der Waals surface area contributed by atoms with E-state index < -0.39 is 18.5 Å². The third kappa shape index (κ3) is 4.55. The highest BCUT2D eigenvalue weighted by Gasteiger charge is 2.20. The fraction of sp³-hybridized carbons (Fsp3) is 0.148. The van der Waals surface area contributed by atoms with Gasteiger partial charge in [0.15, 0.2) is 17.6 Å². The van der Waals surface area contributed by atoms with Crippen LogP contribution in [0.1, 0.15) is 28.4 Å². The number of benzene rings is 3. The molecule has 1 amide bonds.